The van der Waals surface area contributed by atoms with Crippen molar-refractivity contribution in [3.05, 3.63) is 24.3 Å². The van der Waals surface area contributed by atoms with Crippen LogP contribution in [0.25, 0.3) is 0 Å². The first-order valence-corrected chi connectivity index (χ1v) is 16.4. The number of nitrogen functional groups attached to an aromatic ring is 1. The molecular weight excluding hydrogens is 468 g/mol. The fourth-order valence-electron chi connectivity index (χ4n) is 4.14. The fraction of sp³-hybridized carbons (Fsp3) is 0.800. The first-order valence-electron chi connectivity index (χ1n) is 14.9. The lowest BCUT2D eigenvalue weighted by molar-refractivity contribution is 0.125. The summed E-state index contributed by atoms with van der Waals surface area (Å²) in [6.07, 6.45) is 28.2. The molecule has 4 N–H and O–H groups in total. The Morgan fingerprint density at radius 1 is 0.556 bits per heavy atom. The van der Waals surface area contributed by atoms with E-state index in [0.29, 0.717) is 5.69 Å². The van der Waals surface area contributed by atoms with E-state index >= 15 is 0 Å². The number of hydrogen-bond acceptors (Lipinski definition) is 4. The lowest BCUT2D eigenvalue weighted by Gasteiger charge is -2.05. The van der Waals surface area contributed by atoms with Gasteiger partial charge in [-0.05, 0) is 37.1 Å². The van der Waals surface area contributed by atoms with Gasteiger partial charge in [0, 0.05) is 18.9 Å². The molecule has 1 aromatic rings. The average molecular weight is 527 g/mol. The Labute approximate surface area is 224 Å². The Balaban J connectivity index is 0.000000918. The highest BCUT2D eigenvalue weighted by Gasteiger charge is 2.05. The summed E-state index contributed by atoms with van der Waals surface area (Å²) in [4.78, 5) is 0.0756. The van der Waals surface area contributed by atoms with E-state index in [0.717, 1.165) is 13.2 Å². The molecule has 0 amide bonds. The summed E-state index contributed by atoms with van der Waals surface area (Å²) in [6.45, 7) is 6.57. The van der Waals surface area contributed by atoms with Crippen molar-refractivity contribution in [1.29, 1.82) is 0 Å². The van der Waals surface area contributed by atoms with Crippen molar-refractivity contribution in [2.24, 2.45) is 5.14 Å². The van der Waals surface area contributed by atoms with Crippen molar-refractivity contribution in [2.75, 3.05) is 18.9 Å². The van der Waals surface area contributed by atoms with Gasteiger partial charge in [0.2, 0.25) is 10.0 Å². The van der Waals surface area contributed by atoms with Crippen LogP contribution in [0.5, 0.6) is 0 Å². The summed E-state index contributed by atoms with van der Waals surface area (Å²) >= 11 is 0. The fourth-order valence-corrected chi connectivity index (χ4v) is 4.66. The monoisotopic (exact) mass is 526 g/mol. The van der Waals surface area contributed by atoms with Gasteiger partial charge in [-0.1, -0.05) is 129 Å². The Hall–Kier alpha value is -1.11. The van der Waals surface area contributed by atoms with Crippen molar-refractivity contribution in [3.8, 4) is 0 Å². The van der Waals surface area contributed by atoms with E-state index in [-0.39, 0.29) is 4.90 Å². The standard InChI is InChI=1S/C24H50O.C6H8N2O2S/c1-3-5-7-9-11-13-15-17-19-21-23-25-24-22-20-18-16-14-12-10-8-6-4-2;7-5-1-3-6(4-2-5)11(8,9)10/h3-24H2,1-2H3;1-4H,7H2,(H2,8,9,10). The molecule has 0 heterocycles. The lowest BCUT2D eigenvalue weighted by atomic mass is 10.1. The van der Waals surface area contributed by atoms with E-state index in [4.69, 9.17) is 15.6 Å². The maximum absolute atomic E-state index is 10.7. The van der Waals surface area contributed by atoms with E-state index in [9.17, 15) is 8.42 Å². The maximum Gasteiger partial charge on any atom is 0.238 e. The van der Waals surface area contributed by atoms with Crippen LogP contribution in [0.3, 0.4) is 0 Å². The molecule has 0 radical (unpaired) electrons. The molecule has 0 saturated carbocycles. The Morgan fingerprint density at radius 3 is 1.17 bits per heavy atom. The van der Waals surface area contributed by atoms with Crippen LogP contribution in [0.15, 0.2) is 29.2 Å². The molecule has 0 aromatic heterocycles. The van der Waals surface area contributed by atoms with Gasteiger partial charge in [-0.2, -0.15) is 0 Å². The number of hydrogen-bond donors (Lipinski definition) is 2. The summed E-state index contributed by atoms with van der Waals surface area (Å²) in [5.41, 5.74) is 5.85. The summed E-state index contributed by atoms with van der Waals surface area (Å²) in [5, 5.41) is 4.84. The molecule has 0 aliphatic heterocycles. The molecule has 1 aromatic carbocycles. The minimum atomic E-state index is -3.58. The molecule has 36 heavy (non-hydrogen) atoms. The van der Waals surface area contributed by atoms with E-state index in [2.05, 4.69) is 13.8 Å². The molecule has 5 nitrogen and oxygen atoms in total. The van der Waals surface area contributed by atoms with E-state index < -0.39 is 10.0 Å². The summed E-state index contributed by atoms with van der Waals surface area (Å²) < 4.78 is 27.1. The summed E-state index contributed by atoms with van der Waals surface area (Å²) in [6, 6.07) is 5.70. The van der Waals surface area contributed by atoms with E-state index in [1.54, 1.807) is 0 Å². The van der Waals surface area contributed by atoms with E-state index in [1.165, 1.54) is 153 Å². The largest absolute Gasteiger partial charge is 0.399 e. The van der Waals surface area contributed by atoms with Crippen molar-refractivity contribution < 1.29 is 13.2 Å². The second kappa shape index (κ2) is 25.5. The third-order valence-electron chi connectivity index (χ3n) is 6.49. The van der Waals surface area contributed by atoms with Gasteiger partial charge < -0.3 is 10.5 Å². The molecule has 0 aliphatic rings. The van der Waals surface area contributed by atoms with Crippen LogP contribution >= 0.6 is 0 Å². The zero-order valence-corrected chi connectivity index (χ0v) is 24.5. The highest BCUT2D eigenvalue weighted by Crippen LogP contribution is 2.12. The zero-order valence-electron chi connectivity index (χ0n) is 23.7. The quantitative estimate of drug-likeness (QED) is 0.110. The van der Waals surface area contributed by atoms with Gasteiger partial charge in [-0.15, -0.1) is 0 Å². The smallest absolute Gasteiger partial charge is 0.238 e. The molecule has 212 valence electrons. The minimum Gasteiger partial charge on any atom is -0.399 e. The highest BCUT2D eigenvalue weighted by molar-refractivity contribution is 7.89. The first-order chi connectivity index (χ1) is 17.4. The predicted molar refractivity (Wildman–Crippen MR) is 157 cm³/mol. The van der Waals surface area contributed by atoms with Crippen LogP contribution in [0.4, 0.5) is 5.69 Å². The predicted octanol–water partition coefficient (Wildman–Crippen LogP) is 8.76. The van der Waals surface area contributed by atoms with Gasteiger partial charge in [-0.3, -0.25) is 0 Å². The van der Waals surface area contributed by atoms with E-state index in [1.807, 2.05) is 0 Å². The Morgan fingerprint density at radius 2 is 0.861 bits per heavy atom. The number of anilines is 1. The van der Waals surface area contributed by atoms with Crippen molar-refractivity contribution in [1.82, 2.24) is 0 Å². The van der Waals surface area contributed by atoms with Crippen molar-refractivity contribution in [2.45, 2.75) is 147 Å². The molecule has 0 unspecified atom stereocenters. The highest BCUT2D eigenvalue weighted by atomic mass is 32.2. The van der Waals surface area contributed by atoms with Crippen molar-refractivity contribution in [3.63, 3.8) is 0 Å². The normalized spacial score (nSPS) is 11.3. The van der Waals surface area contributed by atoms with Crippen LogP contribution in [0.1, 0.15) is 142 Å². The number of primary sulfonamides is 1. The average Bonchev–Trinajstić information content (AvgIpc) is 2.85. The van der Waals surface area contributed by atoms with Crippen LogP contribution < -0.4 is 10.9 Å². The van der Waals surface area contributed by atoms with Gasteiger partial charge in [-0.25, -0.2) is 13.6 Å². The van der Waals surface area contributed by atoms with Gasteiger partial charge in [0.1, 0.15) is 0 Å². The zero-order chi connectivity index (χ0) is 26.7. The Kier molecular flexibility index (Phi) is 24.7. The molecule has 0 bridgehead atoms. The topological polar surface area (TPSA) is 95.4 Å². The molecule has 0 spiro atoms. The van der Waals surface area contributed by atoms with Gasteiger partial charge >= 0.3 is 0 Å². The SMILES string of the molecule is CCCCCCCCCCCCOCCCCCCCCCCCC.Nc1ccc(S(N)(=O)=O)cc1. The molecule has 0 saturated heterocycles. The maximum atomic E-state index is 10.7. The molecule has 0 fully saturated rings. The van der Waals surface area contributed by atoms with Crippen molar-refractivity contribution >= 4 is 15.7 Å². The van der Waals surface area contributed by atoms with Gasteiger partial charge in [0.25, 0.3) is 0 Å². The van der Waals surface area contributed by atoms with Crippen LogP contribution in [0.2, 0.25) is 0 Å². The number of rotatable bonds is 23. The molecule has 0 atom stereocenters. The number of sulfonamides is 1. The second-order valence-electron chi connectivity index (χ2n) is 10.1. The lowest BCUT2D eigenvalue weighted by Crippen LogP contribution is -2.11. The Bertz CT molecular complexity index is 656. The summed E-state index contributed by atoms with van der Waals surface area (Å²) in [5.74, 6) is 0. The molecule has 0 aliphatic carbocycles. The first kappa shape index (κ1) is 34.9. The number of unbranched alkanes of at least 4 members (excludes halogenated alkanes) is 18. The number of nitrogens with two attached hydrogens (primary N) is 2. The molecule has 6 heteroatoms. The minimum absolute atomic E-state index is 0.0756. The molecule has 1 rings (SSSR count). The molecular formula is C30H58N2O3S. The number of ether oxygens (including phenoxy) is 1. The van der Waals surface area contributed by atoms with Crippen LogP contribution in [-0.4, -0.2) is 21.6 Å². The second-order valence-corrected chi connectivity index (χ2v) is 11.7. The van der Waals surface area contributed by atoms with Crippen LogP contribution in [-0.2, 0) is 14.8 Å². The van der Waals surface area contributed by atoms with Gasteiger partial charge in [0.05, 0.1) is 4.90 Å². The number of benzene rings is 1. The third kappa shape index (κ3) is 24.6. The third-order valence-corrected chi connectivity index (χ3v) is 7.42. The summed E-state index contributed by atoms with van der Waals surface area (Å²) in [7, 11) is -3.58. The van der Waals surface area contributed by atoms with Gasteiger partial charge in [0.15, 0.2) is 0 Å². The van der Waals surface area contributed by atoms with Crippen LogP contribution in [0, 0.1) is 0 Å².